The van der Waals surface area contributed by atoms with Crippen molar-refractivity contribution in [2.24, 2.45) is 0 Å². The topological polar surface area (TPSA) is 104 Å². The standard InChI is InChI=1S/C12H20N4O3S/c1-12(2,3)10-16-15-8(20-10)7-14-11(19)13-6-4-5-9(17)18/h4-7H2,1-3H3,(H,17,18)(H2,13,14,19). The molecule has 0 aliphatic carbocycles. The summed E-state index contributed by atoms with van der Waals surface area (Å²) in [4.78, 5) is 21.7. The summed E-state index contributed by atoms with van der Waals surface area (Å²) in [6.07, 6.45) is 0.460. The lowest BCUT2D eigenvalue weighted by atomic mass is 9.98. The summed E-state index contributed by atoms with van der Waals surface area (Å²) in [5, 5.41) is 23.5. The SMILES string of the molecule is CC(C)(C)c1nnc(CNC(=O)NCCCC(=O)O)s1. The maximum atomic E-state index is 11.5. The van der Waals surface area contributed by atoms with Gasteiger partial charge in [0.25, 0.3) is 0 Å². The van der Waals surface area contributed by atoms with Crippen molar-refractivity contribution in [2.45, 2.75) is 45.6 Å². The van der Waals surface area contributed by atoms with Crippen molar-refractivity contribution in [3.05, 3.63) is 10.0 Å². The van der Waals surface area contributed by atoms with Crippen molar-refractivity contribution < 1.29 is 14.7 Å². The Morgan fingerprint density at radius 1 is 1.25 bits per heavy atom. The molecule has 1 aromatic heterocycles. The van der Waals surface area contributed by atoms with E-state index in [1.54, 1.807) is 0 Å². The maximum absolute atomic E-state index is 11.5. The average molecular weight is 300 g/mol. The smallest absolute Gasteiger partial charge is 0.315 e. The third-order valence-corrected chi connectivity index (χ3v) is 3.71. The number of urea groups is 1. The molecule has 0 aliphatic rings. The normalized spacial score (nSPS) is 11.2. The van der Waals surface area contributed by atoms with Gasteiger partial charge in [-0.3, -0.25) is 4.79 Å². The number of nitrogens with one attached hydrogen (secondary N) is 2. The van der Waals surface area contributed by atoms with Crippen LogP contribution in [0.1, 0.15) is 43.6 Å². The number of amides is 2. The van der Waals surface area contributed by atoms with Crippen molar-refractivity contribution in [1.82, 2.24) is 20.8 Å². The molecular weight excluding hydrogens is 280 g/mol. The Balaban J connectivity index is 2.27. The predicted octanol–water partition coefficient (Wildman–Crippen LogP) is 1.50. The number of hydrogen-bond donors (Lipinski definition) is 3. The molecule has 1 aromatic rings. The molecule has 112 valence electrons. The van der Waals surface area contributed by atoms with Gasteiger partial charge >= 0.3 is 12.0 Å². The number of rotatable bonds is 6. The van der Waals surface area contributed by atoms with Gasteiger partial charge in [-0.25, -0.2) is 4.79 Å². The lowest BCUT2D eigenvalue weighted by molar-refractivity contribution is -0.137. The van der Waals surface area contributed by atoms with E-state index in [1.807, 2.05) is 0 Å². The molecule has 0 spiro atoms. The van der Waals surface area contributed by atoms with Gasteiger partial charge in [-0.05, 0) is 6.42 Å². The number of carbonyl (C=O) groups excluding carboxylic acids is 1. The second-order valence-electron chi connectivity index (χ2n) is 5.36. The Morgan fingerprint density at radius 3 is 2.50 bits per heavy atom. The molecule has 0 aromatic carbocycles. The molecule has 3 N–H and O–H groups in total. The first-order valence-electron chi connectivity index (χ1n) is 6.35. The quantitative estimate of drug-likeness (QED) is 0.691. The Kier molecular flexibility index (Phi) is 5.87. The lowest BCUT2D eigenvalue weighted by Gasteiger charge is -2.12. The van der Waals surface area contributed by atoms with E-state index in [0.29, 0.717) is 19.5 Å². The number of aromatic nitrogens is 2. The van der Waals surface area contributed by atoms with Crippen LogP contribution in [0, 0.1) is 0 Å². The molecule has 0 fully saturated rings. The van der Waals surface area contributed by atoms with E-state index < -0.39 is 5.97 Å². The van der Waals surface area contributed by atoms with Gasteiger partial charge in [-0.15, -0.1) is 10.2 Å². The first kappa shape index (κ1) is 16.4. The van der Waals surface area contributed by atoms with Gasteiger partial charge in [0, 0.05) is 18.4 Å². The number of carboxylic acid groups (broad SMARTS) is 1. The Labute approximate surface area is 121 Å². The van der Waals surface area contributed by atoms with Crippen LogP contribution in [-0.2, 0) is 16.8 Å². The molecule has 2 amide bonds. The van der Waals surface area contributed by atoms with E-state index >= 15 is 0 Å². The van der Waals surface area contributed by atoms with E-state index in [2.05, 4.69) is 41.6 Å². The van der Waals surface area contributed by atoms with Crippen LogP contribution in [0.2, 0.25) is 0 Å². The molecule has 0 atom stereocenters. The maximum Gasteiger partial charge on any atom is 0.315 e. The summed E-state index contributed by atoms with van der Waals surface area (Å²) in [6.45, 7) is 6.82. The molecule has 7 nitrogen and oxygen atoms in total. The summed E-state index contributed by atoms with van der Waals surface area (Å²) < 4.78 is 0. The summed E-state index contributed by atoms with van der Waals surface area (Å²) >= 11 is 1.47. The Morgan fingerprint density at radius 2 is 1.95 bits per heavy atom. The van der Waals surface area contributed by atoms with Gasteiger partial charge in [0.1, 0.15) is 10.0 Å². The molecule has 0 radical (unpaired) electrons. The second kappa shape index (κ2) is 7.18. The highest BCUT2D eigenvalue weighted by atomic mass is 32.1. The van der Waals surface area contributed by atoms with Gasteiger partial charge in [0.05, 0.1) is 6.54 Å². The fraction of sp³-hybridized carbons (Fsp3) is 0.667. The zero-order valence-corrected chi connectivity index (χ0v) is 12.7. The molecule has 0 unspecified atom stereocenters. The molecule has 0 saturated carbocycles. The largest absolute Gasteiger partial charge is 0.481 e. The van der Waals surface area contributed by atoms with Crippen molar-refractivity contribution in [3.8, 4) is 0 Å². The number of carbonyl (C=O) groups is 2. The van der Waals surface area contributed by atoms with Crippen molar-refractivity contribution in [3.63, 3.8) is 0 Å². The van der Waals surface area contributed by atoms with Crippen LogP contribution < -0.4 is 10.6 Å². The highest BCUT2D eigenvalue weighted by Gasteiger charge is 2.19. The molecule has 1 rings (SSSR count). The van der Waals surface area contributed by atoms with Gasteiger partial charge < -0.3 is 15.7 Å². The zero-order chi connectivity index (χ0) is 15.2. The Bertz CT molecular complexity index is 468. The average Bonchev–Trinajstić information content (AvgIpc) is 2.80. The highest BCUT2D eigenvalue weighted by molar-refractivity contribution is 7.11. The van der Waals surface area contributed by atoms with E-state index in [0.717, 1.165) is 10.0 Å². The van der Waals surface area contributed by atoms with Gasteiger partial charge in [0.15, 0.2) is 0 Å². The predicted molar refractivity (Wildman–Crippen MR) is 75.7 cm³/mol. The zero-order valence-electron chi connectivity index (χ0n) is 11.9. The van der Waals surface area contributed by atoms with Gasteiger partial charge in [-0.1, -0.05) is 32.1 Å². The van der Waals surface area contributed by atoms with Crippen LogP contribution in [0.15, 0.2) is 0 Å². The van der Waals surface area contributed by atoms with Gasteiger partial charge in [0.2, 0.25) is 0 Å². The first-order valence-corrected chi connectivity index (χ1v) is 7.17. The third kappa shape index (κ3) is 5.96. The van der Waals surface area contributed by atoms with E-state index in [4.69, 9.17) is 5.11 Å². The first-order chi connectivity index (χ1) is 9.29. The van der Waals surface area contributed by atoms with Crippen LogP contribution in [0.5, 0.6) is 0 Å². The number of carboxylic acids is 1. The number of nitrogens with zero attached hydrogens (tertiary/aromatic N) is 2. The summed E-state index contributed by atoms with van der Waals surface area (Å²) in [5.74, 6) is -0.865. The van der Waals surface area contributed by atoms with Crippen LogP contribution in [0.3, 0.4) is 0 Å². The summed E-state index contributed by atoms with van der Waals surface area (Å²) in [7, 11) is 0. The molecule has 20 heavy (non-hydrogen) atoms. The minimum absolute atomic E-state index is 0.0466. The minimum Gasteiger partial charge on any atom is -0.481 e. The highest BCUT2D eigenvalue weighted by Crippen LogP contribution is 2.25. The molecule has 1 heterocycles. The number of hydrogen-bond acceptors (Lipinski definition) is 5. The summed E-state index contributed by atoms with van der Waals surface area (Å²) in [5.41, 5.74) is -0.0466. The van der Waals surface area contributed by atoms with Crippen molar-refractivity contribution in [1.29, 1.82) is 0 Å². The summed E-state index contributed by atoms with van der Waals surface area (Å²) in [6, 6.07) is -0.331. The van der Waals surface area contributed by atoms with Crippen molar-refractivity contribution in [2.75, 3.05) is 6.54 Å². The van der Waals surface area contributed by atoms with E-state index in [-0.39, 0.29) is 17.9 Å². The van der Waals surface area contributed by atoms with Crippen LogP contribution in [-0.4, -0.2) is 33.8 Å². The Hall–Kier alpha value is -1.70. The monoisotopic (exact) mass is 300 g/mol. The van der Waals surface area contributed by atoms with E-state index in [1.165, 1.54) is 11.3 Å². The van der Waals surface area contributed by atoms with Crippen LogP contribution in [0.4, 0.5) is 4.79 Å². The lowest BCUT2D eigenvalue weighted by Crippen LogP contribution is -2.35. The molecule has 8 heteroatoms. The fourth-order valence-corrected chi connectivity index (χ4v) is 2.13. The minimum atomic E-state index is -0.865. The van der Waals surface area contributed by atoms with Crippen LogP contribution in [0.25, 0.3) is 0 Å². The van der Waals surface area contributed by atoms with Crippen LogP contribution >= 0.6 is 11.3 Å². The van der Waals surface area contributed by atoms with E-state index in [9.17, 15) is 9.59 Å². The number of aliphatic carboxylic acids is 1. The molecule has 0 saturated heterocycles. The second-order valence-corrected chi connectivity index (χ2v) is 6.42. The molecule has 0 aliphatic heterocycles. The third-order valence-electron chi connectivity index (χ3n) is 2.36. The van der Waals surface area contributed by atoms with Crippen molar-refractivity contribution >= 4 is 23.3 Å². The molecular formula is C12H20N4O3S. The molecule has 0 bridgehead atoms. The van der Waals surface area contributed by atoms with Gasteiger partial charge in [-0.2, -0.15) is 0 Å². The fourth-order valence-electron chi connectivity index (χ4n) is 1.29.